The summed E-state index contributed by atoms with van der Waals surface area (Å²) in [5.41, 5.74) is 11.7. The van der Waals surface area contributed by atoms with Crippen LogP contribution in [0.4, 0.5) is 0 Å². The molecule has 41 heavy (non-hydrogen) atoms. The van der Waals surface area contributed by atoms with Crippen LogP contribution >= 0.6 is 22.7 Å². The highest BCUT2D eigenvalue weighted by Gasteiger charge is 2.28. The summed E-state index contributed by atoms with van der Waals surface area (Å²) in [5.74, 6) is 0.876. The van der Waals surface area contributed by atoms with Crippen LogP contribution in [-0.2, 0) is 22.4 Å². The molecule has 2 amide bonds. The largest absolute Gasteiger partial charge is 0.369 e. The number of piperidine rings is 1. The first-order valence-electron chi connectivity index (χ1n) is 13.7. The van der Waals surface area contributed by atoms with Gasteiger partial charge in [-0.1, -0.05) is 59.8 Å². The van der Waals surface area contributed by atoms with E-state index < -0.39 is 0 Å². The van der Waals surface area contributed by atoms with Gasteiger partial charge in [-0.3, -0.25) is 9.59 Å². The van der Waals surface area contributed by atoms with Crippen molar-refractivity contribution in [1.29, 1.82) is 0 Å². The average molecular weight is 583 g/mol. The molecule has 2 aromatic carbocycles. The number of nitrogens with zero attached hydrogens (tertiary/aromatic N) is 3. The molecule has 0 atom stereocenters. The minimum absolute atomic E-state index is 0.188. The van der Waals surface area contributed by atoms with Gasteiger partial charge in [-0.2, -0.15) is 0 Å². The minimum atomic E-state index is -0.361. The monoisotopic (exact) mass is 582 g/mol. The fourth-order valence-corrected chi connectivity index (χ4v) is 7.17. The summed E-state index contributed by atoms with van der Waals surface area (Å²) in [5, 5.41) is 9.66. The molecule has 9 heteroatoms. The van der Waals surface area contributed by atoms with Crippen molar-refractivity contribution in [3.8, 4) is 33.6 Å². The van der Waals surface area contributed by atoms with Gasteiger partial charge in [0.1, 0.15) is 11.5 Å². The van der Waals surface area contributed by atoms with E-state index in [2.05, 4.69) is 10.5 Å². The molecule has 2 N–H and O–H groups in total. The molecule has 0 radical (unpaired) electrons. The maximum atomic E-state index is 12.8. The summed E-state index contributed by atoms with van der Waals surface area (Å²) in [6, 6.07) is 19.9. The third kappa shape index (κ3) is 5.87. The topological polar surface area (TPSA) is 102 Å². The smallest absolute Gasteiger partial charge is 0.227 e. The Labute approximate surface area is 246 Å². The van der Waals surface area contributed by atoms with Crippen molar-refractivity contribution in [1.82, 2.24) is 15.0 Å². The summed E-state index contributed by atoms with van der Waals surface area (Å²) < 4.78 is 5.72. The highest BCUT2D eigenvalue weighted by atomic mass is 32.1. The Kier molecular flexibility index (Phi) is 7.80. The fraction of sp³-hybridized carbons (Fsp3) is 0.250. The van der Waals surface area contributed by atoms with Crippen molar-refractivity contribution in [2.75, 3.05) is 13.1 Å². The van der Waals surface area contributed by atoms with Crippen LogP contribution in [0.3, 0.4) is 0 Å². The molecule has 6 rings (SSSR count). The molecule has 3 aromatic heterocycles. The normalized spacial score (nSPS) is 13.9. The van der Waals surface area contributed by atoms with Crippen molar-refractivity contribution in [2.24, 2.45) is 5.73 Å². The number of carbonyl (C=O) groups is 2. The Balaban J connectivity index is 1.23. The molecule has 0 bridgehead atoms. The quantitative estimate of drug-likeness (QED) is 0.226. The molecule has 1 aliphatic rings. The molecule has 0 spiro atoms. The van der Waals surface area contributed by atoms with Crippen LogP contribution in [0.2, 0.25) is 0 Å². The van der Waals surface area contributed by atoms with Crippen molar-refractivity contribution in [3.05, 3.63) is 92.6 Å². The molecule has 0 unspecified atom stereocenters. The predicted octanol–water partition coefficient (Wildman–Crippen LogP) is 6.48. The van der Waals surface area contributed by atoms with Crippen LogP contribution in [0.1, 0.15) is 40.0 Å². The molecule has 4 heterocycles. The van der Waals surface area contributed by atoms with Gasteiger partial charge in [-0.15, -0.1) is 22.7 Å². The standard InChI is InChI=1S/C32H30N4O3S2/c1-20-30(27-19-41-32(34-27)22-11-13-36(14-12-22)29(38)18-24-8-5-15-40-24)31(35-39-20)26-10-3-2-9-25(26)23-7-4-6-21(16-23)17-28(33)37/h2-10,15-16,19,22H,11-14,17-18H2,1H3,(H2,33,37). The first-order chi connectivity index (χ1) is 20.0. The second kappa shape index (κ2) is 11.8. The number of primary amides is 1. The number of amides is 2. The SMILES string of the molecule is Cc1onc(-c2ccccc2-c2cccc(CC(N)=O)c2)c1-c1csc(C2CCN(C(=O)Cc3cccs3)CC2)n1. The maximum absolute atomic E-state index is 12.8. The van der Waals surface area contributed by atoms with Crippen LogP contribution < -0.4 is 5.73 Å². The van der Waals surface area contributed by atoms with Crippen molar-refractivity contribution < 1.29 is 14.1 Å². The van der Waals surface area contributed by atoms with E-state index in [1.54, 1.807) is 22.7 Å². The second-order valence-corrected chi connectivity index (χ2v) is 12.3. The first kappa shape index (κ1) is 27.1. The van der Waals surface area contributed by atoms with Gasteiger partial charge in [0, 0.05) is 34.8 Å². The number of benzene rings is 2. The predicted molar refractivity (Wildman–Crippen MR) is 163 cm³/mol. The van der Waals surface area contributed by atoms with Crippen LogP contribution in [0.5, 0.6) is 0 Å². The molecular formula is C32H30N4O3S2. The molecule has 1 fully saturated rings. The lowest BCUT2D eigenvalue weighted by Crippen LogP contribution is -2.38. The number of aryl methyl sites for hydroxylation is 1. The van der Waals surface area contributed by atoms with E-state index in [1.165, 1.54) is 0 Å². The van der Waals surface area contributed by atoms with E-state index in [0.717, 1.165) is 75.0 Å². The lowest BCUT2D eigenvalue weighted by molar-refractivity contribution is -0.131. The van der Waals surface area contributed by atoms with E-state index >= 15 is 0 Å². The Bertz CT molecular complexity index is 1680. The van der Waals surface area contributed by atoms with Gasteiger partial charge < -0.3 is 15.2 Å². The number of rotatable bonds is 8. The van der Waals surface area contributed by atoms with Crippen LogP contribution in [-0.4, -0.2) is 39.9 Å². The number of thiophene rings is 1. The van der Waals surface area contributed by atoms with Gasteiger partial charge in [0.15, 0.2) is 0 Å². The average Bonchev–Trinajstić information content (AvgIpc) is 3.75. The third-order valence-corrected chi connectivity index (χ3v) is 9.43. The number of thiazole rings is 1. The Morgan fingerprint density at radius 3 is 2.56 bits per heavy atom. The number of hydrogen-bond donors (Lipinski definition) is 1. The van der Waals surface area contributed by atoms with Crippen molar-refractivity contribution in [3.63, 3.8) is 0 Å². The van der Waals surface area contributed by atoms with Crippen molar-refractivity contribution in [2.45, 2.75) is 38.5 Å². The van der Waals surface area contributed by atoms with E-state index in [0.29, 0.717) is 18.1 Å². The number of aromatic nitrogens is 2. The molecule has 5 aromatic rings. The summed E-state index contributed by atoms with van der Waals surface area (Å²) in [6.45, 7) is 3.42. The number of hydrogen-bond acceptors (Lipinski definition) is 7. The van der Waals surface area contributed by atoms with Gasteiger partial charge in [0.25, 0.3) is 0 Å². The van der Waals surface area contributed by atoms with Crippen LogP contribution in [0.15, 0.2) is 75.9 Å². The van der Waals surface area contributed by atoms with Gasteiger partial charge in [-0.05, 0) is 47.9 Å². The minimum Gasteiger partial charge on any atom is -0.369 e. The van der Waals surface area contributed by atoms with E-state index in [1.807, 2.05) is 77.9 Å². The third-order valence-electron chi connectivity index (χ3n) is 7.54. The Morgan fingerprint density at radius 1 is 1.00 bits per heavy atom. The zero-order valence-corrected chi connectivity index (χ0v) is 24.3. The molecule has 208 valence electrons. The maximum Gasteiger partial charge on any atom is 0.227 e. The van der Waals surface area contributed by atoms with E-state index in [9.17, 15) is 9.59 Å². The fourth-order valence-electron chi connectivity index (χ4n) is 5.49. The van der Waals surface area contributed by atoms with Crippen LogP contribution in [0.25, 0.3) is 33.6 Å². The summed E-state index contributed by atoms with van der Waals surface area (Å²) >= 11 is 3.29. The number of nitrogens with two attached hydrogens (primary N) is 1. The van der Waals surface area contributed by atoms with E-state index in [-0.39, 0.29) is 18.2 Å². The zero-order valence-electron chi connectivity index (χ0n) is 22.7. The lowest BCUT2D eigenvalue weighted by Gasteiger charge is -2.31. The van der Waals surface area contributed by atoms with Gasteiger partial charge in [-0.25, -0.2) is 4.98 Å². The number of likely N-dealkylation sites (tertiary alicyclic amines) is 1. The van der Waals surface area contributed by atoms with Gasteiger partial charge in [0.2, 0.25) is 11.8 Å². The molecule has 1 saturated heterocycles. The molecule has 7 nitrogen and oxygen atoms in total. The summed E-state index contributed by atoms with van der Waals surface area (Å²) in [7, 11) is 0. The number of carbonyl (C=O) groups excluding carboxylic acids is 2. The zero-order chi connectivity index (χ0) is 28.3. The van der Waals surface area contributed by atoms with Gasteiger partial charge in [0.05, 0.1) is 29.1 Å². The van der Waals surface area contributed by atoms with Gasteiger partial charge >= 0.3 is 0 Å². The lowest BCUT2D eigenvalue weighted by atomic mass is 9.93. The Morgan fingerprint density at radius 2 is 1.80 bits per heavy atom. The van der Waals surface area contributed by atoms with E-state index in [4.69, 9.17) is 15.2 Å². The summed E-state index contributed by atoms with van der Waals surface area (Å²) in [6.07, 6.45) is 2.48. The van der Waals surface area contributed by atoms with Crippen LogP contribution in [0, 0.1) is 6.92 Å². The summed E-state index contributed by atoms with van der Waals surface area (Å²) in [4.78, 5) is 32.4. The molecule has 0 saturated carbocycles. The first-order valence-corrected chi connectivity index (χ1v) is 15.4. The van der Waals surface area contributed by atoms with Crippen molar-refractivity contribution >= 4 is 34.5 Å². The second-order valence-electron chi connectivity index (χ2n) is 10.3. The molecule has 0 aliphatic carbocycles. The Hall–Kier alpha value is -4.08. The molecule has 1 aliphatic heterocycles. The highest BCUT2D eigenvalue weighted by Crippen LogP contribution is 2.41. The highest BCUT2D eigenvalue weighted by molar-refractivity contribution is 7.10. The molecular weight excluding hydrogens is 553 g/mol.